The third-order valence-electron chi connectivity index (χ3n) is 4.41. The van der Waals surface area contributed by atoms with Crippen molar-refractivity contribution in [1.82, 2.24) is 15.0 Å². The molecule has 0 amide bonds. The Bertz CT molecular complexity index is 598. The minimum absolute atomic E-state index is 0.0112. The van der Waals surface area contributed by atoms with Crippen molar-refractivity contribution in [2.24, 2.45) is 5.92 Å². The molecule has 5 nitrogen and oxygen atoms in total. The summed E-state index contributed by atoms with van der Waals surface area (Å²) in [5.74, 6) is 1.95. The number of likely N-dealkylation sites (tertiary alicyclic amines) is 1. The first-order valence-electron chi connectivity index (χ1n) is 7.48. The smallest absolute Gasteiger partial charge is 0.255 e. The van der Waals surface area contributed by atoms with Gasteiger partial charge < -0.3 is 9.26 Å². The van der Waals surface area contributed by atoms with Crippen molar-refractivity contribution in [3.63, 3.8) is 0 Å². The molecule has 21 heavy (non-hydrogen) atoms. The summed E-state index contributed by atoms with van der Waals surface area (Å²) in [5, 5.41) is 6.01. The van der Waals surface area contributed by atoms with Crippen LogP contribution in [0.2, 0.25) is 0 Å². The molecule has 0 N–H and O–H groups in total. The van der Waals surface area contributed by atoms with E-state index in [0.29, 0.717) is 23.7 Å². The van der Waals surface area contributed by atoms with Crippen molar-refractivity contribution in [3.8, 4) is 0 Å². The molecule has 2 fully saturated rings. The van der Waals surface area contributed by atoms with E-state index >= 15 is 0 Å². The van der Waals surface area contributed by atoms with Gasteiger partial charge in [-0.3, -0.25) is 4.90 Å². The lowest BCUT2D eigenvalue weighted by Gasteiger charge is -2.33. The van der Waals surface area contributed by atoms with Gasteiger partial charge in [0.25, 0.3) is 5.89 Å². The molecular weight excluding hydrogens is 286 g/mol. The Labute approximate surface area is 127 Å². The van der Waals surface area contributed by atoms with Crippen LogP contribution in [0.25, 0.3) is 0 Å². The molecule has 4 heterocycles. The third kappa shape index (κ3) is 2.75. The van der Waals surface area contributed by atoms with Gasteiger partial charge >= 0.3 is 0 Å². The Balaban J connectivity index is 1.40. The largest absolute Gasteiger partial charge is 0.364 e. The molecule has 4 rings (SSSR count). The van der Waals surface area contributed by atoms with Crippen LogP contribution in [0.5, 0.6) is 0 Å². The van der Waals surface area contributed by atoms with Crippen LogP contribution in [0.3, 0.4) is 0 Å². The maximum atomic E-state index is 6.18. The number of aromatic nitrogens is 2. The van der Waals surface area contributed by atoms with Gasteiger partial charge in [0.1, 0.15) is 6.10 Å². The van der Waals surface area contributed by atoms with Crippen molar-refractivity contribution in [2.75, 3.05) is 13.1 Å². The molecule has 0 spiro atoms. The van der Waals surface area contributed by atoms with Crippen LogP contribution in [0.15, 0.2) is 22.0 Å². The second-order valence-corrected chi connectivity index (χ2v) is 6.97. The van der Waals surface area contributed by atoms with E-state index in [0.717, 1.165) is 26.1 Å². The zero-order chi connectivity index (χ0) is 14.2. The molecule has 0 unspecified atom stereocenters. The third-order valence-corrected chi connectivity index (χ3v) is 5.28. The maximum Gasteiger partial charge on any atom is 0.255 e. The van der Waals surface area contributed by atoms with Crippen molar-refractivity contribution in [3.05, 3.63) is 34.1 Å². The fourth-order valence-corrected chi connectivity index (χ4v) is 4.11. The average Bonchev–Trinajstić information content (AvgIpc) is 3.18. The summed E-state index contributed by atoms with van der Waals surface area (Å²) in [6.07, 6.45) is 2.50. The summed E-state index contributed by atoms with van der Waals surface area (Å²) < 4.78 is 11.4. The average molecular weight is 305 g/mol. The number of thiophene rings is 1. The SMILES string of the molecule is Cc1noc([C@@H]2C[C@@H]3CCN(Cc4cccs4)C[C@H]3O2)n1. The van der Waals surface area contributed by atoms with Crippen LogP contribution in [-0.4, -0.2) is 34.2 Å². The molecule has 0 saturated carbocycles. The van der Waals surface area contributed by atoms with Crippen LogP contribution in [0, 0.1) is 12.8 Å². The Hall–Kier alpha value is -1.24. The molecule has 112 valence electrons. The second-order valence-electron chi connectivity index (χ2n) is 5.94. The lowest BCUT2D eigenvalue weighted by molar-refractivity contribution is -0.0187. The van der Waals surface area contributed by atoms with Crippen LogP contribution in [0.1, 0.15) is 35.5 Å². The number of nitrogens with zero attached hydrogens (tertiary/aromatic N) is 3. The Morgan fingerprint density at radius 2 is 2.43 bits per heavy atom. The standard InChI is InChI=1S/C15H19N3O2S/c1-10-16-15(20-17-10)13-7-11-4-5-18(9-14(11)19-13)8-12-3-2-6-21-12/h2-3,6,11,13-14H,4-5,7-9H2,1H3/t11-,13-,14+/m0/s1. The number of aryl methyl sites for hydroxylation is 1. The van der Waals surface area contributed by atoms with Gasteiger partial charge in [0.15, 0.2) is 5.82 Å². The van der Waals surface area contributed by atoms with Gasteiger partial charge in [-0.2, -0.15) is 4.98 Å². The van der Waals surface area contributed by atoms with E-state index in [-0.39, 0.29) is 6.10 Å². The molecule has 0 aliphatic carbocycles. The molecule has 2 aliphatic rings. The van der Waals surface area contributed by atoms with Crippen LogP contribution in [-0.2, 0) is 11.3 Å². The number of rotatable bonds is 3. The maximum absolute atomic E-state index is 6.18. The van der Waals surface area contributed by atoms with Gasteiger partial charge in [0, 0.05) is 18.0 Å². The molecule has 2 aromatic rings. The molecule has 3 atom stereocenters. The summed E-state index contributed by atoms with van der Waals surface area (Å²) in [6.45, 7) is 5.04. The number of hydrogen-bond acceptors (Lipinski definition) is 6. The lowest BCUT2D eigenvalue weighted by atomic mass is 9.92. The first-order chi connectivity index (χ1) is 10.3. The van der Waals surface area contributed by atoms with Gasteiger partial charge in [-0.15, -0.1) is 11.3 Å². The van der Waals surface area contributed by atoms with Crippen molar-refractivity contribution < 1.29 is 9.26 Å². The van der Waals surface area contributed by atoms with Crippen LogP contribution in [0.4, 0.5) is 0 Å². The highest BCUT2D eigenvalue weighted by Crippen LogP contribution is 2.40. The highest BCUT2D eigenvalue weighted by Gasteiger charge is 2.41. The fourth-order valence-electron chi connectivity index (χ4n) is 3.36. The zero-order valence-corrected chi connectivity index (χ0v) is 12.9. The van der Waals surface area contributed by atoms with Gasteiger partial charge in [-0.25, -0.2) is 0 Å². The summed E-state index contributed by atoms with van der Waals surface area (Å²) >= 11 is 1.83. The summed E-state index contributed by atoms with van der Waals surface area (Å²) in [5.41, 5.74) is 0. The number of ether oxygens (including phenoxy) is 1. The van der Waals surface area contributed by atoms with Crippen molar-refractivity contribution in [2.45, 2.75) is 38.5 Å². The zero-order valence-electron chi connectivity index (χ0n) is 12.1. The van der Waals surface area contributed by atoms with E-state index in [1.165, 1.54) is 11.3 Å². The van der Waals surface area contributed by atoms with Crippen molar-refractivity contribution >= 4 is 11.3 Å². The number of piperidine rings is 1. The first-order valence-corrected chi connectivity index (χ1v) is 8.36. The van der Waals surface area contributed by atoms with E-state index in [4.69, 9.17) is 9.26 Å². The molecule has 2 aromatic heterocycles. The Morgan fingerprint density at radius 1 is 1.48 bits per heavy atom. The highest BCUT2D eigenvalue weighted by atomic mass is 32.1. The van der Waals surface area contributed by atoms with Gasteiger partial charge in [-0.1, -0.05) is 11.2 Å². The normalized spacial score (nSPS) is 29.7. The second kappa shape index (κ2) is 5.51. The topological polar surface area (TPSA) is 51.4 Å². The molecule has 0 radical (unpaired) electrons. The number of fused-ring (bicyclic) bond motifs is 1. The Morgan fingerprint density at radius 3 is 3.19 bits per heavy atom. The van der Waals surface area contributed by atoms with Gasteiger partial charge in [0.2, 0.25) is 0 Å². The predicted octanol–water partition coefficient (Wildman–Crippen LogP) is 2.79. The quantitative estimate of drug-likeness (QED) is 0.873. The lowest BCUT2D eigenvalue weighted by Crippen LogP contribution is -2.41. The summed E-state index contributed by atoms with van der Waals surface area (Å²) in [7, 11) is 0. The minimum atomic E-state index is -0.0112. The van der Waals surface area contributed by atoms with E-state index in [1.54, 1.807) is 0 Å². The van der Waals surface area contributed by atoms with Crippen LogP contribution < -0.4 is 0 Å². The molecule has 0 bridgehead atoms. The van der Waals surface area contributed by atoms with Crippen molar-refractivity contribution in [1.29, 1.82) is 0 Å². The molecular formula is C15H19N3O2S. The highest BCUT2D eigenvalue weighted by molar-refractivity contribution is 7.09. The van der Waals surface area contributed by atoms with E-state index in [9.17, 15) is 0 Å². The first kappa shape index (κ1) is 13.4. The number of hydrogen-bond donors (Lipinski definition) is 0. The minimum Gasteiger partial charge on any atom is -0.364 e. The molecule has 6 heteroatoms. The fraction of sp³-hybridized carbons (Fsp3) is 0.600. The van der Waals surface area contributed by atoms with Gasteiger partial charge in [0.05, 0.1) is 6.10 Å². The molecule has 0 aromatic carbocycles. The summed E-state index contributed by atoms with van der Waals surface area (Å²) in [6, 6.07) is 4.32. The van der Waals surface area contributed by atoms with Gasteiger partial charge in [-0.05, 0) is 43.7 Å². The van der Waals surface area contributed by atoms with E-state index < -0.39 is 0 Å². The summed E-state index contributed by atoms with van der Waals surface area (Å²) in [4.78, 5) is 8.24. The van der Waals surface area contributed by atoms with E-state index in [1.807, 2.05) is 18.3 Å². The molecule has 2 aliphatic heterocycles. The monoisotopic (exact) mass is 305 g/mol. The molecule has 2 saturated heterocycles. The Kier molecular flexibility index (Phi) is 3.52. The van der Waals surface area contributed by atoms with Crippen LogP contribution >= 0.6 is 11.3 Å². The van der Waals surface area contributed by atoms with E-state index in [2.05, 4.69) is 32.6 Å². The predicted molar refractivity (Wildman–Crippen MR) is 79.0 cm³/mol.